The first kappa shape index (κ1) is 19.1. The number of nitrogens with zero attached hydrogens (tertiary/aromatic N) is 1. The molecule has 1 aromatic heterocycles. The fraction of sp³-hybridized carbons (Fsp3) is 0.375. The molecule has 0 saturated heterocycles. The van der Waals surface area contributed by atoms with E-state index in [-0.39, 0.29) is 10.2 Å². The molecule has 140 valence electrons. The van der Waals surface area contributed by atoms with E-state index >= 15 is 0 Å². The van der Waals surface area contributed by atoms with E-state index < -0.39 is 20.7 Å². The van der Waals surface area contributed by atoms with Gasteiger partial charge in [-0.2, -0.15) is 0 Å². The lowest BCUT2D eigenvalue weighted by Gasteiger charge is -2.23. The summed E-state index contributed by atoms with van der Waals surface area (Å²) in [6.07, 6.45) is 4.85. The topological polar surface area (TPSA) is 94.9 Å². The predicted molar refractivity (Wildman–Crippen MR) is 103 cm³/mol. The van der Waals surface area contributed by atoms with Gasteiger partial charge >= 0.3 is 0 Å². The van der Waals surface area contributed by atoms with Crippen LogP contribution < -0.4 is 10.0 Å². The molecule has 0 spiro atoms. The third kappa shape index (κ3) is 4.52. The highest BCUT2D eigenvalue weighted by atomic mass is 35.5. The van der Waals surface area contributed by atoms with Crippen molar-refractivity contribution in [1.29, 1.82) is 5.41 Å². The molecule has 1 aliphatic rings. The standard InChI is InChI=1S/C16H18ClFN4O2S2/c17-12-7-15(26(23,24)22-16-20-5-6-25-16)13(18)8-14(12)21-9-10-1-3-11(19)4-2-10/h5-8,10,19,21H,1-4,9H2,(H,20,22). The normalized spacial score (nSPS) is 17.9. The molecule has 0 bridgehead atoms. The lowest BCUT2D eigenvalue weighted by Crippen LogP contribution is -2.21. The summed E-state index contributed by atoms with van der Waals surface area (Å²) < 4.78 is 41.3. The number of hydrogen-bond acceptors (Lipinski definition) is 6. The second-order valence-electron chi connectivity index (χ2n) is 6.13. The zero-order valence-corrected chi connectivity index (χ0v) is 16.1. The van der Waals surface area contributed by atoms with Gasteiger partial charge in [0.05, 0.1) is 10.7 Å². The molecule has 0 atom stereocenters. The molecular formula is C16H18ClFN4O2S2. The molecule has 6 nitrogen and oxygen atoms in total. The first-order chi connectivity index (χ1) is 12.3. The number of anilines is 2. The number of benzene rings is 1. The molecule has 0 radical (unpaired) electrons. The maximum Gasteiger partial charge on any atom is 0.266 e. The maximum absolute atomic E-state index is 14.4. The lowest BCUT2D eigenvalue weighted by atomic mass is 9.88. The Morgan fingerprint density at radius 2 is 2.08 bits per heavy atom. The van der Waals surface area contributed by atoms with Gasteiger partial charge in [-0.25, -0.2) is 17.8 Å². The fourth-order valence-electron chi connectivity index (χ4n) is 2.80. The summed E-state index contributed by atoms with van der Waals surface area (Å²) in [7, 11) is -4.11. The molecule has 26 heavy (non-hydrogen) atoms. The summed E-state index contributed by atoms with van der Waals surface area (Å²) >= 11 is 7.26. The molecule has 0 aliphatic heterocycles. The minimum absolute atomic E-state index is 0.134. The molecule has 1 saturated carbocycles. The second kappa shape index (κ2) is 7.89. The van der Waals surface area contributed by atoms with E-state index in [0.717, 1.165) is 54.9 Å². The van der Waals surface area contributed by atoms with Crippen LogP contribution in [0.25, 0.3) is 0 Å². The minimum atomic E-state index is -4.11. The van der Waals surface area contributed by atoms with E-state index in [9.17, 15) is 12.8 Å². The first-order valence-corrected chi connectivity index (χ1v) is 10.8. The van der Waals surface area contributed by atoms with Gasteiger partial charge in [-0.05, 0) is 43.7 Å². The van der Waals surface area contributed by atoms with Crippen molar-refractivity contribution in [3.05, 3.63) is 34.5 Å². The number of aromatic nitrogens is 1. The van der Waals surface area contributed by atoms with Crippen LogP contribution in [0.4, 0.5) is 15.2 Å². The van der Waals surface area contributed by atoms with Gasteiger partial charge in [-0.3, -0.25) is 4.72 Å². The van der Waals surface area contributed by atoms with Crippen LogP contribution in [0.3, 0.4) is 0 Å². The quantitative estimate of drug-likeness (QED) is 0.652. The van der Waals surface area contributed by atoms with Crippen LogP contribution in [0.15, 0.2) is 28.6 Å². The van der Waals surface area contributed by atoms with E-state index in [1.54, 1.807) is 5.38 Å². The van der Waals surface area contributed by atoms with E-state index in [0.29, 0.717) is 18.2 Å². The van der Waals surface area contributed by atoms with Crippen molar-refractivity contribution in [1.82, 2.24) is 4.98 Å². The average molecular weight is 417 g/mol. The second-order valence-corrected chi connectivity index (χ2v) is 9.09. The number of hydrogen-bond donors (Lipinski definition) is 3. The van der Waals surface area contributed by atoms with E-state index in [1.807, 2.05) is 0 Å². The predicted octanol–water partition coefficient (Wildman–Crippen LogP) is 4.36. The summed E-state index contributed by atoms with van der Waals surface area (Å²) in [6, 6.07) is 2.20. The maximum atomic E-state index is 14.4. The average Bonchev–Trinajstić information content (AvgIpc) is 3.09. The highest BCUT2D eigenvalue weighted by Crippen LogP contribution is 2.30. The number of halogens is 2. The molecule has 1 fully saturated rings. The van der Waals surface area contributed by atoms with Crippen LogP contribution in [0.2, 0.25) is 5.02 Å². The van der Waals surface area contributed by atoms with Crippen LogP contribution >= 0.6 is 22.9 Å². The van der Waals surface area contributed by atoms with Crippen LogP contribution in [-0.4, -0.2) is 25.7 Å². The largest absolute Gasteiger partial charge is 0.383 e. The van der Waals surface area contributed by atoms with Gasteiger partial charge in [0.15, 0.2) is 5.13 Å². The van der Waals surface area contributed by atoms with E-state index in [4.69, 9.17) is 17.0 Å². The third-order valence-electron chi connectivity index (χ3n) is 4.25. The number of nitrogens with one attached hydrogen (secondary N) is 3. The van der Waals surface area contributed by atoms with E-state index in [1.165, 1.54) is 6.20 Å². The first-order valence-electron chi connectivity index (χ1n) is 8.06. The number of rotatable bonds is 6. The van der Waals surface area contributed by atoms with Gasteiger partial charge < -0.3 is 10.7 Å². The van der Waals surface area contributed by atoms with Crippen LogP contribution in [-0.2, 0) is 10.0 Å². The number of thiazole rings is 1. The van der Waals surface area contributed by atoms with Crippen LogP contribution in [0.1, 0.15) is 25.7 Å². The van der Waals surface area contributed by atoms with Crippen LogP contribution in [0, 0.1) is 17.1 Å². The smallest absolute Gasteiger partial charge is 0.266 e. The molecule has 0 amide bonds. The Morgan fingerprint density at radius 1 is 1.35 bits per heavy atom. The Morgan fingerprint density at radius 3 is 2.73 bits per heavy atom. The SMILES string of the molecule is N=C1CCC(CNc2cc(F)c(S(=O)(=O)Nc3nccs3)cc2Cl)CC1. The molecule has 10 heteroatoms. The molecule has 0 unspecified atom stereocenters. The molecular weight excluding hydrogens is 399 g/mol. The minimum Gasteiger partial charge on any atom is -0.383 e. The van der Waals surface area contributed by atoms with Crippen molar-refractivity contribution in [2.24, 2.45) is 5.92 Å². The Hall–Kier alpha value is -1.71. The fourth-order valence-corrected chi connectivity index (χ4v) is 4.97. The molecule has 2 aromatic rings. The van der Waals surface area contributed by atoms with Gasteiger partial charge in [0, 0.05) is 23.8 Å². The summed E-state index contributed by atoms with van der Waals surface area (Å²) in [4.78, 5) is 3.31. The molecule has 3 N–H and O–H groups in total. The molecule has 3 rings (SSSR count). The van der Waals surface area contributed by atoms with Gasteiger partial charge in [-0.1, -0.05) is 11.6 Å². The summed E-state index contributed by atoms with van der Waals surface area (Å²) in [6.45, 7) is 0.607. The summed E-state index contributed by atoms with van der Waals surface area (Å²) in [5.74, 6) is -0.496. The highest BCUT2D eigenvalue weighted by Gasteiger charge is 2.23. The zero-order chi connectivity index (χ0) is 18.7. The van der Waals surface area contributed by atoms with Crippen molar-refractivity contribution >= 4 is 49.5 Å². The van der Waals surface area contributed by atoms with Crippen molar-refractivity contribution in [2.75, 3.05) is 16.6 Å². The van der Waals surface area contributed by atoms with Crippen molar-refractivity contribution in [3.8, 4) is 0 Å². The Labute approximate surface area is 160 Å². The lowest BCUT2D eigenvalue weighted by molar-refractivity contribution is 0.462. The molecule has 1 heterocycles. The summed E-state index contributed by atoms with van der Waals surface area (Å²) in [5, 5.41) is 12.6. The van der Waals surface area contributed by atoms with Crippen molar-refractivity contribution < 1.29 is 12.8 Å². The van der Waals surface area contributed by atoms with Crippen LogP contribution in [0.5, 0.6) is 0 Å². The zero-order valence-electron chi connectivity index (χ0n) is 13.8. The van der Waals surface area contributed by atoms with Gasteiger partial charge in [-0.15, -0.1) is 11.3 Å². The Kier molecular flexibility index (Phi) is 5.79. The van der Waals surface area contributed by atoms with Gasteiger partial charge in [0.25, 0.3) is 10.0 Å². The Bertz CT molecular complexity index is 893. The Balaban J connectivity index is 1.72. The monoisotopic (exact) mass is 416 g/mol. The van der Waals surface area contributed by atoms with E-state index in [2.05, 4.69) is 15.0 Å². The van der Waals surface area contributed by atoms with Gasteiger partial charge in [0.2, 0.25) is 0 Å². The third-order valence-corrected chi connectivity index (χ3v) is 6.74. The van der Waals surface area contributed by atoms with Gasteiger partial charge in [0.1, 0.15) is 10.7 Å². The van der Waals surface area contributed by atoms with Crippen molar-refractivity contribution in [2.45, 2.75) is 30.6 Å². The summed E-state index contributed by atoms with van der Waals surface area (Å²) in [5.41, 5.74) is 1.13. The molecule has 1 aromatic carbocycles. The highest BCUT2D eigenvalue weighted by molar-refractivity contribution is 7.93. The van der Waals surface area contributed by atoms with Crippen molar-refractivity contribution in [3.63, 3.8) is 0 Å². The number of sulfonamides is 1. The molecule has 1 aliphatic carbocycles.